The van der Waals surface area contributed by atoms with Gasteiger partial charge in [-0.1, -0.05) is 11.6 Å². The standard InChI is InChI=1S/C11H13ClO2S/c1-7-9(4-5-14-7)10(13)6-8-2-3-11(12)15-8/h2-3,7,9H,4-6H2,1H3. The van der Waals surface area contributed by atoms with E-state index in [1.54, 1.807) is 0 Å². The fourth-order valence-corrected chi connectivity index (χ4v) is 3.00. The molecule has 0 aliphatic carbocycles. The summed E-state index contributed by atoms with van der Waals surface area (Å²) < 4.78 is 6.13. The average molecular weight is 245 g/mol. The van der Waals surface area contributed by atoms with Gasteiger partial charge in [-0.2, -0.15) is 0 Å². The predicted octanol–water partition coefficient (Wildman–Crippen LogP) is 2.94. The summed E-state index contributed by atoms with van der Waals surface area (Å²) in [4.78, 5) is 13.0. The lowest BCUT2D eigenvalue weighted by Crippen LogP contribution is -2.22. The summed E-state index contributed by atoms with van der Waals surface area (Å²) in [6, 6.07) is 3.76. The third-order valence-corrected chi connectivity index (χ3v) is 4.00. The van der Waals surface area contributed by atoms with E-state index in [0.717, 1.165) is 15.6 Å². The molecule has 0 spiro atoms. The third-order valence-electron chi connectivity index (χ3n) is 2.77. The average Bonchev–Trinajstić information content (AvgIpc) is 2.75. The van der Waals surface area contributed by atoms with Crippen LogP contribution in [0, 0.1) is 5.92 Å². The zero-order valence-corrected chi connectivity index (χ0v) is 10.1. The van der Waals surface area contributed by atoms with Gasteiger partial charge < -0.3 is 4.74 Å². The van der Waals surface area contributed by atoms with Crippen LogP contribution in [-0.2, 0) is 16.0 Å². The minimum absolute atomic E-state index is 0.0749. The van der Waals surface area contributed by atoms with Crippen LogP contribution >= 0.6 is 22.9 Å². The number of halogens is 1. The molecular weight excluding hydrogens is 232 g/mol. The van der Waals surface area contributed by atoms with Crippen molar-refractivity contribution in [2.75, 3.05) is 6.61 Å². The van der Waals surface area contributed by atoms with Crippen LogP contribution in [0.5, 0.6) is 0 Å². The second kappa shape index (κ2) is 4.64. The minimum Gasteiger partial charge on any atom is -0.378 e. The summed E-state index contributed by atoms with van der Waals surface area (Å²) in [6.07, 6.45) is 1.43. The maximum Gasteiger partial charge on any atom is 0.143 e. The second-order valence-electron chi connectivity index (χ2n) is 3.82. The maximum absolute atomic E-state index is 11.9. The van der Waals surface area contributed by atoms with Gasteiger partial charge >= 0.3 is 0 Å². The Labute approximate surface area is 98.2 Å². The maximum atomic E-state index is 11.9. The van der Waals surface area contributed by atoms with Gasteiger partial charge in [0.15, 0.2) is 0 Å². The molecule has 0 radical (unpaired) electrons. The lowest BCUT2D eigenvalue weighted by molar-refractivity contribution is -0.123. The van der Waals surface area contributed by atoms with Gasteiger partial charge in [0, 0.05) is 23.8 Å². The summed E-state index contributed by atoms with van der Waals surface area (Å²) in [5.74, 6) is 0.351. The summed E-state index contributed by atoms with van der Waals surface area (Å²) >= 11 is 7.29. The lowest BCUT2D eigenvalue weighted by atomic mass is 9.95. The van der Waals surface area contributed by atoms with Crippen molar-refractivity contribution in [3.63, 3.8) is 0 Å². The molecule has 15 heavy (non-hydrogen) atoms. The molecule has 2 heterocycles. The molecule has 2 nitrogen and oxygen atoms in total. The van der Waals surface area contributed by atoms with E-state index in [2.05, 4.69) is 0 Å². The largest absolute Gasteiger partial charge is 0.378 e. The molecule has 1 aromatic rings. The van der Waals surface area contributed by atoms with Crippen molar-refractivity contribution in [3.8, 4) is 0 Å². The Hall–Kier alpha value is -0.380. The van der Waals surface area contributed by atoms with E-state index in [1.165, 1.54) is 11.3 Å². The van der Waals surface area contributed by atoms with Crippen LogP contribution in [-0.4, -0.2) is 18.5 Å². The third kappa shape index (κ3) is 2.60. The van der Waals surface area contributed by atoms with Gasteiger partial charge in [0.1, 0.15) is 5.78 Å². The Morgan fingerprint density at radius 3 is 3.00 bits per heavy atom. The van der Waals surface area contributed by atoms with E-state index in [-0.39, 0.29) is 17.8 Å². The van der Waals surface area contributed by atoms with Crippen molar-refractivity contribution < 1.29 is 9.53 Å². The molecule has 1 aromatic heterocycles. The van der Waals surface area contributed by atoms with E-state index in [4.69, 9.17) is 16.3 Å². The highest BCUT2D eigenvalue weighted by molar-refractivity contribution is 7.16. The predicted molar refractivity (Wildman–Crippen MR) is 61.6 cm³/mol. The van der Waals surface area contributed by atoms with Gasteiger partial charge in [0.05, 0.1) is 10.4 Å². The van der Waals surface area contributed by atoms with Crippen LogP contribution in [0.4, 0.5) is 0 Å². The molecule has 0 aromatic carbocycles. The quantitative estimate of drug-likeness (QED) is 0.817. The van der Waals surface area contributed by atoms with E-state index in [9.17, 15) is 4.79 Å². The number of thiophene rings is 1. The molecular formula is C11H13ClO2S. The van der Waals surface area contributed by atoms with Crippen molar-refractivity contribution >= 4 is 28.7 Å². The van der Waals surface area contributed by atoms with Gasteiger partial charge in [0.25, 0.3) is 0 Å². The van der Waals surface area contributed by atoms with Crippen LogP contribution in [0.3, 0.4) is 0 Å². The van der Waals surface area contributed by atoms with Gasteiger partial charge in [0.2, 0.25) is 0 Å². The topological polar surface area (TPSA) is 26.3 Å². The van der Waals surface area contributed by atoms with Crippen LogP contribution in [0.2, 0.25) is 4.34 Å². The number of carbonyl (C=O) groups excluding carboxylic acids is 1. The first-order valence-electron chi connectivity index (χ1n) is 5.05. The molecule has 0 N–H and O–H groups in total. The van der Waals surface area contributed by atoms with E-state index >= 15 is 0 Å². The molecule has 1 aliphatic rings. The zero-order chi connectivity index (χ0) is 10.8. The van der Waals surface area contributed by atoms with Crippen molar-refractivity contribution in [1.29, 1.82) is 0 Å². The number of rotatable bonds is 3. The molecule has 82 valence electrons. The Morgan fingerprint density at radius 2 is 2.47 bits per heavy atom. The molecule has 4 heteroatoms. The molecule has 1 fully saturated rings. The highest BCUT2D eigenvalue weighted by Crippen LogP contribution is 2.26. The van der Waals surface area contributed by atoms with Gasteiger partial charge in [-0.15, -0.1) is 11.3 Å². The van der Waals surface area contributed by atoms with Crippen molar-refractivity contribution in [2.24, 2.45) is 5.92 Å². The van der Waals surface area contributed by atoms with Gasteiger partial charge in [-0.25, -0.2) is 0 Å². The van der Waals surface area contributed by atoms with Crippen molar-refractivity contribution in [1.82, 2.24) is 0 Å². The monoisotopic (exact) mass is 244 g/mol. The van der Waals surface area contributed by atoms with Gasteiger partial charge in [-0.05, 0) is 25.5 Å². The smallest absolute Gasteiger partial charge is 0.143 e. The van der Waals surface area contributed by atoms with Crippen LogP contribution in [0.15, 0.2) is 12.1 Å². The molecule has 2 atom stereocenters. The molecule has 0 bridgehead atoms. The first kappa shape index (κ1) is 11.1. The fraction of sp³-hybridized carbons (Fsp3) is 0.545. The van der Waals surface area contributed by atoms with Crippen molar-refractivity contribution in [2.45, 2.75) is 25.9 Å². The Balaban J connectivity index is 1.97. The van der Waals surface area contributed by atoms with E-state index in [1.807, 2.05) is 19.1 Å². The van der Waals surface area contributed by atoms with E-state index in [0.29, 0.717) is 13.0 Å². The lowest BCUT2D eigenvalue weighted by Gasteiger charge is -2.11. The molecule has 2 rings (SSSR count). The number of Topliss-reactive ketones (excluding diaryl/α,β-unsaturated/α-hetero) is 1. The zero-order valence-electron chi connectivity index (χ0n) is 8.53. The molecule has 0 saturated carbocycles. The van der Waals surface area contributed by atoms with Gasteiger partial charge in [-0.3, -0.25) is 4.79 Å². The number of hydrogen-bond donors (Lipinski definition) is 0. The first-order chi connectivity index (χ1) is 7.16. The van der Waals surface area contributed by atoms with Crippen LogP contribution in [0.25, 0.3) is 0 Å². The van der Waals surface area contributed by atoms with Crippen LogP contribution in [0.1, 0.15) is 18.2 Å². The normalized spacial score (nSPS) is 25.7. The number of ether oxygens (including phenoxy) is 1. The Bertz CT molecular complexity index is 361. The first-order valence-corrected chi connectivity index (χ1v) is 6.25. The molecule has 0 amide bonds. The fourth-order valence-electron chi connectivity index (χ4n) is 1.90. The SMILES string of the molecule is CC1OCCC1C(=O)Cc1ccc(Cl)s1. The van der Waals surface area contributed by atoms with E-state index < -0.39 is 0 Å². The highest BCUT2D eigenvalue weighted by Gasteiger charge is 2.30. The minimum atomic E-state index is 0.0749. The summed E-state index contributed by atoms with van der Waals surface area (Å²) in [7, 11) is 0. The molecule has 2 unspecified atom stereocenters. The summed E-state index contributed by atoms with van der Waals surface area (Å²) in [5.41, 5.74) is 0. The summed E-state index contributed by atoms with van der Waals surface area (Å²) in [5, 5.41) is 0. The molecule has 1 saturated heterocycles. The molecule has 1 aliphatic heterocycles. The number of carbonyl (C=O) groups is 1. The van der Waals surface area contributed by atoms with Crippen LogP contribution < -0.4 is 0 Å². The second-order valence-corrected chi connectivity index (χ2v) is 5.62. The summed E-state index contributed by atoms with van der Waals surface area (Å²) in [6.45, 7) is 2.68. The number of ketones is 1. The number of hydrogen-bond acceptors (Lipinski definition) is 3. The van der Waals surface area contributed by atoms with Crippen molar-refractivity contribution in [3.05, 3.63) is 21.3 Å². The highest BCUT2D eigenvalue weighted by atomic mass is 35.5. The Morgan fingerprint density at radius 1 is 1.67 bits per heavy atom. The Kier molecular flexibility index (Phi) is 3.44.